The van der Waals surface area contributed by atoms with Crippen molar-refractivity contribution in [3.8, 4) is 5.75 Å². The molecule has 0 saturated heterocycles. The van der Waals surface area contributed by atoms with Gasteiger partial charge in [0, 0.05) is 23.6 Å². The lowest BCUT2D eigenvalue weighted by atomic mass is 9.87. The Labute approximate surface area is 82.4 Å². The minimum Gasteiger partial charge on any atom is -0.494 e. The molecular weight excluding hydrogens is 181 g/mol. The maximum Gasteiger partial charge on any atom is 0.272 e. The molecular formula is C9H8BNO3. The van der Waals surface area contributed by atoms with Crippen LogP contribution in [0.1, 0.15) is 11.1 Å². The molecule has 0 aromatic heterocycles. The summed E-state index contributed by atoms with van der Waals surface area (Å²) in [5.74, 6) is 0.619. The molecule has 0 spiro atoms. The van der Waals surface area contributed by atoms with Gasteiger partial charge in [-0.15, -0.1) is 0 Å². The van der Waals surface area contributed by atoms with Gasteiger partial charge in [-0.25, -0.2) is 0 Å². The van der Waals surface area contributed by atoms with Gasteiger partial charge in [-0.05, 0) is 12.4 Å². The highest BCUT2D eigenvalue weighted by atomic mass is 16.6. The third kappa shape index (κ3) is 1.16. The molecule has 0 unspecified atom stereocenters. The first-order valence-corrected chi connectivity index (χ1v) is 4.30. The van der Waals surface area contributed by atoms with E-state index in [0.717, 1.165) is 5.56 Å². The average Bonchev–Trinajstić information content (AvgIpc) is 2.58. The van der Waals surface area contributed by atoms with E-state index in [1.165, 1.54) is 0 Å². The van der Waals surface area contributed by atoms with Gasteiger partial charge in [0.15, 0.2) is 0 Å². The SMILES string of the molecule is [B]c1c(C)c([N+](=O)[O-])cc2c1OCC2. The second kappa shape index (κ2) is 3.01. The maximum absolute atomic E-state index is 10.7. The Balaban J connectivity index is 2.67. The standard InChI is InChI=1S/C9H8BNO3/c1-5-7(11(12)13)4-6-2-3-14-9(6)8(5)10/h4H,2-3H2,1H3. The fraction of sp³-hybridized carbons (Fsp3) is 0.333. The molecule has 0 atom stereocenters. The van der Waals surface area contributed by atoms with Crippen molar-refractivity contribution < 1.29 is 9.66 Å². The van der Waals surface area contributed by atoms with Gasteiger partial charge in [0.2, 0.25) is 0 Å². The molecule has 0 N–H and O–H groups in total. The monoisotopic (exact) mass is 189 g/mol. The van der Waals surface area contributed by atoms with E-state index in [1.54, 1.807) is 13.0 Å². The molecule has 2 radical (unpaired) electrons. The van der Waals surface area contributed by atoms with Crippen molar-refractivity contribution in [1.82, 2.24) is 0 Å². The predicted octanol–water partition coefficient (Wildman–Crippen LogP) is 0.632. The van der Waals surface area contributed by atoms with Gasteiger partial charge in [-0.2, -0.15) is 0 Å². The Morgan fingerprint density at radius 3 is 3.00 bits per heavy atom. The van der Waals surface area contributed by atoms with Crippen molar-refractivity contribution in [2.75, 3.05) is 6.61 Å². The zero-order valence-corrected chi connectivity index (χ0v) is 7.74. The quantitative estimate of drug-likeness (QED) is 0.369. The highest BCUT2D eigenvalue weighted by Crippen LogP contribution is 2.29. The fourth-order valence-electron chi connectivity index (χ4n) is 1.63. The number of rotatable bonds is 1. The summed E-state index contributed by atoms with van der Waals surface area (Å²) in [5.41, 5.74) is 1.79. The van der Waals surface area contributed by atoms with Crippen LogP contribution >= 0.6 is 0 Å². The number of benzene rings is 1. The number of hydrogen-bond donors (Lipinski definition) is 0. The van der Waals surface area contributed by atoms with Crippen molar-refractivity contribution >= 4 is 19.0 Å². The van der Waals surface area contributed by atoms with Crippen LogP contribution in [-0.4, -0.2) is 19.4 Å². The second-order valence-electron chi connectivity index (χ2n) is 3.28. The van der Waals surface area contributed by atoms with Crippen LogP contribution in [0, 0.1) is 17.0 Å². The van der Waals surface area contributed by atoms with Crippen LogP contribution in [0.2, 0.25) is 0 Å². The smallest absolute Gasteiger partial charge is 0.272 e. The molecule has 0 amide bonds. The van der Waals surface area contributed by atoms with E-state index in [-0.39, 0.29) is 5.69 Å². The molecule has 1 aliphatic rings. The van der Waals surface area contributed by atoms with E-state index >= 15 is 0 Å². The summed E-state index contributed by atoms with van der Waals surface area (Å²) in [6.07, 6.45) is 0.695. The van der Waals surface area contributed by atoms with Crippen molar-refractivity contribution in [1.29, 1.82) is 0 Å². The van der Waals surface area contributed by atoms with E-state index in [4.69, 9.17) is 12.6 Å². The number of nitrogens with zero attached hydrogens (tertiary/aromatic N) is 1. The Morgan fingerprint density at radius 2 is 2.36 bits per heavy atom. The Kier molecular flexibility index (Phi) is 1.95. The van der Waals surface area contributed by atoms with E-state index < -0.39 is 4.92 Å². The van der Waals surface area contributed by atoms with Crippen molar-refractivity contribution in [2.45, 2.75) is 13.3 Å². The zero-order chi connectivity index (χ0) is 10.3. The molecule has 4 nitrogen and oxygen atoms in total. The van der Waals surface area contributed by atoms with Gasteiger partial charge in [0.25, 0.3) is 5.69 Å². The van der Waals surface area contributed by atoms with Crippen LogP contribution in [0.5, 0.6) is 5.75 Å². The summed E-state index contributed by atoms with van der Waals surface area (Å²) in [7, 11) is 5.74. The Morgan fingerprint density at radius 1 is 1.64 bits per heavy atom. The molecule has 1 aliphatic heterocycles. The topological polar surface area (TPSA) is 52.4 Å². The summed E-state index contributed by atoms with van der Waals surface area (Å²) in [6, 6.07) is 1.55. The highest BCUT2D eigenvalue weighted by molar-refractivity contribution is 6.36. The molecule has 70 valence electrons. The lowest BCUT2D eigenvalue weighted by molar-refractivity contribution is -0.385. The molecule has 1 aromatic rings. The van der Waals surface area contributed by atoms with Crippen LogP contribution in [0.3, 0.4) is 0 Å². The highest BCUT2D eigenvalue weighted by Gasteiger charge is 2.22. The first-order chi connectivity index (χ1) is 6.61. The van der Waals surface area contributed by atoms with Crippen LogP contribution < -0.4 is 10.2 Å². The molecule has 2 rings (SSSR count). The van der Waals surface area contributed by atoms with Gasteiger partial charge in [0.05, 0.1) is 11.5 Å². The Hall–Kier alpha value is -1.52. The molecule has 1 heterocycles. The summed E-state index contributed by atoms with van der Waals surface area (Å²) in [6.45, 7) is 2.19. The minimum absolute atomic E-state index is 0.0757. The third-order valence-electron chi connectivity index (χ3n) is 2.45. The lowest BCUT2D eigenvalue weighted by Gasteiger charge is -2.07. The number of fused-ring (bicyclic) bond motifs is 1. The molecule has 14 heavy (non-hydrogen) atoms. The molecule has 0 aliphatic carbocycles. The Bertz CT molecular complexity index is 417. The molecule has 5 heteroatoms. The summed E-state index contributed by atoms with van der Waals surface area (Å²) >= 11 is 0. The zero-order valence-electron chi connectivity index (χ0n) is 7.74. The largest absolute Gasteiger partial charge is 0.494 e. The normalized spacial score (nSPS) is 13.5. The molecule has 1 aromatic carbocycles. The second-order valence-corrected chi connectivity index (χ2v) is 3.28. The van der Waals surface area contributed by atoms with E-state index in [0.29, 0.717) is 29.8 Å². The van der Waals surface area contributed by atoms with Gasteiger partial charge in [0.1, 0.15) is 13.6 Å². The molecule has 0 fully saturated rings. The predicted molar refractivity (Wildman–Crippen MR) is 52.4 cm³/mol. The maximum atomic E-state index is 10.7. The van der Waals surface area contributed by atoms with Gasteiger partial charge in [-0.3, -0.25) is 10.1 Å². The summed E-state index contributed by atoms with van der Waals surface area (Å²) in [4.78, 5) is 10.3. The summed E-state index contributed by atoms with van der Waals surface area (Å²) in [5, 5.41) is 10.7. The number of hydrogen-bond acceptors (Lipinski definition) is 3. The average molecular weight is 189 g/mol. The first kappa shape index (κ1) is 9.06. The number of ether oxygens (including phenoxy) is 1. The fourth-order valence-corrected chi connectivity index (χ4v) is 1.63. The van der Waals surface area contributed by atoms with E-state index in [9.17, 15) is 10.1 Å². The van der Waals surface area contributed by atoms with Gasteiger partial charge >= 0.3 is 0 Å². The van der Waals surface area contributed by atoms with E-state index in [2.05, 4.69) is 0 Å². The molecule has 0 saturated carbocycles. The first-order valence-electron chi connectivity index (χ1n) is 4.30. The van der Waals surface area contributed by atoms with Crippen LogP contribution in [-0.2, 0) is 6.42 Å². The lowest BCUT2D eigenvalue weighted by Crippen LogP contribution is -2.13. The number of nitro groups is 1. The molecule has 0 bridgehead atoms. The minimum atomic E-state index is -0.412. The van der Waals surface area contributed by atoms with Crippen molar-refractivity contribution in [3.63, 3.8) is 0 Å². The van der Waals surface area contributed by atoms with Gasteiger partial charge < -0.3 is 4.74 Å². The summed E-state index contributed by atoms with van der Waals surface area (Å²) < 4.78 is 5.30. The third-order valence-corrected chi connectivity index (χ3v) is 2.45. The van der Waals surface area contributed by atoms with Crippen LogP contribution in [0.15, 0.2) is 6.07 Å². The van der Waals surface area contributed by atoms with Crippen LogP contribution in [0.4, 0.5) is 5.69 Å². The van der Waals surface area contributed by atoms with Crippen molar-refractivity contribution in [2.24, 2.45) is 0 Å². The van der Waals surface area contributed by atoms with Crippen molar-refractivity contribution in [3.05, 3.63) is 27.3 Å². The van der Waals surface area contributed by atoms with Gasteiger partial charge in [-0.1, -0.05) is 0 Å². The van der Waals surface area contributed by atoms with E-state index in [1.807, 2.05) is 0 Å². The number of nitro benzene ring substituents is 1. The van der Waals surface area contributed by atoms with Crippen LogP contribution in [0.25, 0.3) is 0 Å².